The normalized spacial score (nSPS) is 34.1. The molecule has 0 aromatic rings. The zero-order chi connectivity index (χ0) is 11.3. The summed E-state index contributed by atoms with van der Waals surface area (Å²) >= 11 is 0. The quantitative estimate of drug-likeness (QED) is 0.701. The Bertz CT molecular complexity index is 253. The van der Waals surface area contributed by atoms with E-state index in [4.69, 9.17) is 4.74 Å². The minimum atomic E-state index is 0.297. The van der Waals surface area contributed by atoms with Gasteiger partial charge in [-0.2, -0.15) is 0 Å². The Balaban J connectivity index is 2.44. The van der Waals surface area contributed by atoms with E-state index < -0.39 is 0 Å². The van der Waals surface area contributed by atoms with Crippen LogP contribution in [0.4, 0.5) is 0 Å². The highest BCUT2D eigenvalue weighted by molar-refractivity contribution is 5.07. The molecular formula is C13H23NO. The van der Waals surface area contributed by atoms with Gasteiger partial charge in [0.1, 0.15) is 0 Å². The van der Waals surface area contributed by atoms with E-state index in [-0.39, 0.29) is 0 Å². The molecule has 2 heteroatoms. The maximum absolute atomic E-state index is 5.74. The lowest BCUT2D eigenvalue weighted by atomic mass is 9.61. The first-order valence-corrected chi connectivity index (χ1v) is 5.93. The van der Waals surface area contributed by atoms with Gasteiger partial charge in [-0.05, 0) is 26.7 Å². The molecule has 1 fully saturated rings. The molecule has 0 saturated heterocycles. The number of hydrogen-bond acceptors (Lipinski definition) is 2. The highest BCUT2D eigenvalue weighted by atomic mass is 16.5. The van der Waals surface area contributed by atoms with E-state index in [1.807, 2.05) is 6.92 Å². The first-order chi connectivity index (χ1) is 7.19. The third-order valence-corrected chi connectivity index (χ3v) is 3.72. The molecule has 86 valence electrons. The largest absolute Gasteiger partial charge is 0.378 e. The van der Waals surface area contributed by atoms with E-state index in [2.05, 4.69) is 37.9 Å². The standard InChI is InChI=1S/C13H23NO/c1-5-8-9-14-11-10-12(15-7-3)13(11,4)6-2/h11-12,14H,6-7,9-10H2,1-4H3. The number of hydrogen-bond donors (Lipinski definition) is 1. The minimum Gasteiger partial charge on any atom is -0.378 e. The van der Waals surface area contributed by atoms with Crippen LogP contribution in [0.25, 0.3) is 0 Å². The molecule has 1 rings (SSSR count). The molecule has 1 aliphatic rings. The zero-order valence-electron chi connectivity index (χ0n) is 10.4. The van der Waals surface area contributed by atoms with E-state index in [1.54, 1.807) is 0 Å². The van der Waals surface area contributed by atoms with Crippen LogP contribution in [0.3, 0.4) is 0 Å². The van der Waals surface area contributed by atoms with Gasteiger partial charge in [-0.15, -0.1) is 5.92 Å². The fourth-order valence-corrected chi connectivity index (χ4v) is 2.33. The second kappa shape index (κ2) is 5.53. The van der Waals surface area contributed by atoms with E-state index in [1.165, 1.54) is 0 Å². The predicted octanol–water partition coefficient (Wildman–Crippen LogP) is 2.19. The maximum atomic E-state index is 5.74. The van der Waals surface area contributed by atoms with Crippen LogP contribution in [0.15, 0.2) is 0 Å². The van der Waals surface area contributed by atoms with E-state index >= 15 is 0 Å². The first-order valence-electron chi connectivity index (χ1n) is 5.93. The van der Waals surface area contributed by atoms with Crippen molar-refractivity contribution in [2.24, 2.45) is 5.41 Å². The molecule has 0 aliphatic heterocycles. The molecule has 15 heavy (non-hydrogen) atoms. The van der Waals surface area contributed by atoms with Gasteiger partial charge in [-0.3, -0.25) is 0 Å². The third kappa shape index (κ3) is 2.53. The highest BCUT2D eigenvalue weighted by Crippen LogP contribution is 2.45. The summed E-state index contributed by atoms with van der Waals surface area (Å²) in [6, 6.07) is 0.569. The summed E-state index contributed by atoms with van der Waals surface area (Å²) in [5.74, 6) is 5.96. The summed E-state index contributed by atoms with van der Waals surface area (Å²) in [4.78, 5) is 0. The van der Waals surface area contributed by atoms with Crippen molar-refractivity contribution in [1.29, 1.82) is 0 Å². The van der Waals surface area contributed by atoms with Crippen LogP contribution in [0, 0.1) is 17.3 Å². The smallest absolute Gasteiger partial charge is 0.0658 e. The molecule has 1 N–H and O–H groups in total. The van der Waals surface area contributed by atoms with Crippen molar-refractivity contribution < 1.29 is 4.74 Å². The van der Waals surface area contributed by atoms with Gasteiger partial charge in [0, 0.05) is 18.1 Å². The van der Waals surface area contributed by atoms with Crippen LogP contribution in [0.5, 0.6) is 0 Å². The van der Waals surface area contributed by atoms with E-state index in [0.717, 1.165) is 26.0 Å². The zero-order valence-corrected chi connectivity index (χ0v) is 10.4. The molecule has 2 nitrogen and oxygen atoms in total. The fourth-order valence-electron chi connectivity index (χ4n) is 2.33. The van der Waals surface area contributed by atoms with E-state index in [0.29, 0.717) is 17.6 Å². The summed E-state index contributed by atoms with van der Waals surface area (Å²) < 4.78 is 5.74. The SMILES string of the molecule is CC#CCNC1CC(OCC)C1(C)CC. The highest BCUT2D eigenvalue weighted by Gasteiger charge is 2.50. The minimum absolute atomic E-state index is 0.297. The van der Waals surface area contributed by atoms with Gasteiger partial charge in [0.25, 0.3) is 0 Å². The molecule has 0 aromatic heterocycles. The molecule has 3 unspecified atom stereocenters. The summed E-state index contributed by atoms with van der Waals surface area (Å²) in [6.07, 6.45) is 2.72. The van der Waals surface area contributed by atoms with Crippen molar-refractivity contribution in [3.05, 3.63) is 0 Å². The second-order valence-electron chi connectivity index (χ2n) is 4.40. The van der Waals surface area contributed by atoms with Gasteiger partial charge in [-0.1, -0.05) is 19.8 Å². The van der Waals surface area contributed by atoms with Crippen LogP contribution in [0.2, 0.25) is 0 Å². The maximum Gasteiger partial charge on any atom is 0.0658 e. The molecule has 1 aliphatic carbocycles. The third-order valence-electron chi connectivity index (χ3n) is 3.72. The topological polar surface area (TPSA) is 21.3 Å². The number of nitrogens with one attached hydrogen (secondary N) is 1. The molecule has 0 radical (unpaired) electrons. The van der Waals surface area contributed by atoms with Crippen LogP contribution in [-0.2, 0) is 4.74 Å². The number of rotatable bonds is 5. The van der Waals surface area contributed by atoms with Gasteiger partial charge in [0.2, 0.25) is 0 Å². The lowest BCUT2D eigenvalue weighted by Gasteiger charge is -2.53. The Morgan fingerprint density at radius 1 is 1.47 bits per heavy atom. The Hall–Kier alpha value is -0.520. The lowest BCUT2D eigenvalue weighted by Crippen LogP contribution is -2.62. The Labute approximate surface area is 93.8 Å². The summed E-state index contributed by atoms with van der Waals surface area (Å²) in [5.41, 5.74) is 0.297. The first kappa shape index (κ1) is 12.5. The van der Waals surface area contributed by atoms with Crippen LogP contribution >= 0.6 is 0 Å². The lowest BCUT2D eigenvalue weighted by molar-refractivity contribution is -0.124. The van der Waals surface area contributed by atoms with Crippen molar-refractivity contribution in [3.8, 4) is 11.8 Å². The monoisotopic (exact) mass is 209 g/mol. The van der Waals surface area contributed by atoms with Gasteiger partial charge in [0.15, 0.2) is 0 Å². The van der Waals surface area contributed by atoms with Crippen molar-refractivity contribution in [1.82, 2.24) is 5.32 Å². The Kier molecular flexibility index (Phi) is 4.63. The van der Waals surface area contributed by atoms with Gasteiger partial charge in [-0.25, -0.2) is 0 Å². The van der Waals surface area contributed by atoms with Gasteiger partial charge >= 0.3 is 0 Å². The van der Waals surface area contributed by atoms with Crippen LogP contribution < -0.4 is 5.32 Å². The predicted molar refractivity (Wildman–Crippen MR) is 63.7 cm³/mol. The summed E-state index contributed by atoms with van der Waals surface area (Å²) in [5, 5.41) is 3.50. The number of ether oxygens (including phenoxy) is 1. The fraction of sp³-hybridized carbons (Fsp3) is 0.846. The molecule has 0 amide bonds. The molecule has 1 saturated carbocycles. The van der Waals surface area contributed by atoms with Crippen molar-refractivity contribution >= 4 is 0 Å². The van der Waals surface area contributed by atoms with E-state index in [9.17, 15) is 0 Å². The van der Waals surface area contributed by atoms with Gasteiger partial charge in [0.05, 0.1) is 12.6 Å². The summed E-state index contributed by atoms with van der Waals surface area (Å²) in [6.45, 7) is 10.1. The Morgan fingerprint density at radius 3 is 2.73 bits per heavy atom. The van der Waals surface area contributed by atoms with Gasteiger partial charge < -0.3 is 10.1 Å². The molecule has 0 aromatic carbocycles. The van der Waals surface area contributed by atoms with Crippen LogP contribution in [-0.4, -0.2) is 25.3 Å². The molecule has 0 spiro atoms. The molecule has 0 bridgehead atoms. The second-order valence-corrected chi connectivity index (χ2v) is 4.40. The average molecular weight is 209 g/mol. The Morgan fingerprint density at radius 2 is 2.20 bits per heavy atom. The van der Waals surface area contributed by atoms with Crippen molar-refractivity contribution in [2.75, 3.05) is 13.2 Å². The van der Waals surface area contributed by atoms with Crippen molar-refractivity contribution in [2.45, 2.75) is 52.7 Å². The molecule has 0 heterocycles. The molecular weight excluding hydrogens is 186 g/mol. The van der Waals surface area contributed by atoms with Crippen LogP contribution in [0.1, 0.15) is 40.5 Å². The average Bonchev–Trinajstić information content (AvgIpc) is 2.26. The molecule has 3 atom stereocenters. The summed E-state index contributed by atoms with van der Waals surface area (Å²) in [7, 11) is 0. The van der Waals surface area contributed by atoms with Crippen molar-refractivity contribution in [3.63, 3.8) is 0 Å².